The van der Waals surface area contributed by atoms with E-state index >= 15 is 0 Å². The highest BCUT2D eigenvalue weighted by atomic mass is 32.1. The third-order valence-corrected chi connectivity index (χ3v) is 3.70. The lowest BCUT2D eigenvalue weighted by atomic mass is 10.1. The lowest BCUT2D eigenvalue weighted by Gasteiger charge is -2.25. The number of imidazole rings is 1. The molecule has 3 rings (SSSR count). The Morgan fingerprint density at radius 3 is 2.83 bits per heavy atom. The highest BCUT2D eigenvalue weighted by molar-refractivity contribution is 7.71. The lowest BCUT2D eigenvalue weighted by molar-refractivity contribution is 0.0592. The predicted octanol–water partition coefficient (Wildman–Crippen LogP) is 3.56. The van der Waals surface area contributed by atoms with Crippen molar-refractivity contribution in [1.29, 1.82) is 0 Å². The van der Waals surface area contributed by atoms with Gasteiger partial charge in [0.15, 0.2) is 4.77 Å². The second-order valence-corrected chi connectivity index (χ2v) is 4.97. The van der Waals surface area contributed by atoms with Crippen molar-refractivity contribution in [3.05, 3.63) is 41.3 Å². The molecule has 2 heterocycles. The number of aromatic amines is 1. The van der Waals surface area contributed by atoms with Crippen LogP contribution in [-0.2, 0) is 4.74 Å². The lowest BCUT2D eigenvalue weighted by Crippen LogP contribution is -2.21. The molecule has 0 radical (unpaired) electrons. The second kappa shape index (κ2) is 5.08. The molecule has 3 nitrogen and oxygen atoms in total. The Hall–Kier alpha value is -1.39. The van der Waals surface area contributed by atoms with Crippen LogP contribution in [0.1, 0.15) is 18.9 Å². The molecule has 1 aromatic heterocycles. The molecule has 0 saturated carbocycles. The van der Waals surface area contributed by atoms with Gasteiger partial charge < -0.3 is 14.3 Å². The van der Waals surface area contributed by atoms with Gasteiger partial charge in [0.25, 0.3) is 0 Å². The molecule has 18 heavy (non-hydrogen) atoms. The molecule has 0 bridgehead atoms. The molecule has 1 N–H and O–H groups in total. The topological polar surface area (TPSA) is 29.9 Å². The van der Waals surface area contributed by atoms with E-state index in [0.717, 1.165) is 36.5 Å². The van der Waals surface area contributed by atoms with Crippen molar-refractivity contribution in [3.63, 3.8) is 0 Å². The van der Waals surface area contributed by atoms with Gasteiger partial charge in [0, 0.05) is 12.8 Å². The van der Waals surface area contributed by atoms with Gasteiger partial charge in [0.05, 0.1) is 18.3 Å². The molecule has 1 saturated heterocycles. The number of nitrogens with zero attached hydrogens (tertiary/aromatic N) is 1. The van der Waals surface area contributed by atoms with Crippen molar-refractivity contribution in [2.75, 3.05) is 13.2 Å². The Kier molecular flexibility index (Phi) is 3.30. The molecular weight excluding hydrogens is 244 g/mol. The fraction of sp³-hybridized carbons (Fsp3) is 0.357. The van der Waals surface area contributed by atoms with Crippen LogP contribution in [-0.4, -0.2) is 22.8 Å². The molecule has 1 unspecified atom stereocenters. The number of hydrogen-bond acceptors (Lipinski definition) is 2. The van der Waals surface area contributed by atoms with E-state index in [4.69, 9.17) is 17.0 Å². The van der Waals surface area contributed by atoms with Gasteiger partial charge in [-0.05, 0) is 30.6 Å². The summed E-state index contributed by atoms with van der Waals surface area (Å²) in [7, 11) is 0. The number of ether oxygens (including phenoxy) is 1. The molecular formula is C14H16N2OS. The number of H-pyrrole nitrogens is 1. The molecule has 2 aromatic rings. The maximum absolute atomic E-state index is 5.57. The van der Waals surface area contributed by atoms with E-state index in [1.54, 1.807) is 0 Å². The first-order valence-corrected chi connectivity index (χ1v) is 6.70. The molecule has 1 aromatic carbocycles. The Bertz CT molecular complexity index is 567. The fourth-order valence-electron chi connectivity index (χ4n) is 2.50. The second-order valence-electron chi connectivity index (χ2n) is 4.59. The molecule has 1 aliphatic rings. The largest absolute Gasteiger partial charge is 0.379 e. The van der Waals surface area contributed by atoms with Crippen LogP contribution in [0.2, 0.25) is 0 Å². The maximum atomic E-state index is 5.57. The molecule has 1 aliphatic heterocycles. The van der Waals surface area contributed by atoms with E-state index in [9.17, 15) is 0 Å². The quantitative estimate of drug-likeness (QED) is 0.837. The number of nitrogens with one attached hydrogen (secondary N) is 1. The van der Waals surface area contributed by atoms with Gasteiger partial charge in [-0.25, -0.2) is 0 Å². The molecule has 0 amide bonds. The molecule has 1 atom stereocenters. The highest BCUT2D eigenvalue weighted by Crippen LogP contribution is 2.27. The van der Waals surface area contributed by atoms with Crippen LogP contribution >= 0.6 is 12.2 Å². The van der Waals surface area contributed by atoms with E-state index in [1.165, 1.54) is 5.56 Å². The Labute approximate surface area is 111 Å². The summed E-state index contributed by atoms with van der Waals surface area (Å²) in [5, 5.41) is 0. The van der Waals surface area contributed by atoms with Gasteiger partial charge in [0.1, 0.15) is 0 Å². The summed E-state index contributed by atoms with van der Waals surface area (Å²) in [6.07, 6.45) is 4.23. The van der Waals surface area contributed by atoms with Gasteiger partial charge in [0.2, 0.25) is 0 Å². The first-order valence-electron chi connectivity index (χ1n) is 6.29. The van der Waals surface area contributed by atoms with Gasteiger partial charge in [-0.3, -0.25) is 0 Å². The van der Waals surface area contributed by atoms with Crippen molar-refractivity contribution in [1.82, 2.24) is 9.55 Å². The fourth-order valence-corrected chi connectivity index (χ4v) is 2.81. The maximum Gasteiger partial charge on any atom is 0.177 e. The molecule has 0 spiro atoms. The van der Waals surface area contributed by atoms with Crippen molar-refractivity contribution < 1.29 is 4.74 Å². The highest BCUT2D eigenvalue weighted by Gasteiger charge is 2.19. The van der Waals surface area contributed by atoms with E-state index < -0.39 is 0 Å². The summed E-state index contributed by atoms with van der Waals surface area (Å²) in [6.45, 7) is 1.63. The van der Waals surface area contributed by atoms with Gasteiger partial charge in [-0.2, -0.15) is 0 Å². The Morgan fingerprint density at radius 1 is 1.28 bits per heavy atom. The first-order chi connectivity index (χ1) is 8.86. The Morgan fingerprint density at radius 2 is 2.11 bits per heavy atom. The number of rotatable bonds is 2. The number of hydrogen-bond donors (Lipinski definition) is 1. The van der Waals surface area contributed by atoms with E-state index in [-0.39, 0.29) is 0 Å². The van der Waals surface area contributed by atoms with Gasteiger partial charge in [-0.1, -0.05) is 30.3 Å². The molecule has 1 fully saturated rings. The molecule has 94 valence electrons. The van der Waals surface area contributed by atoms with E-state index in [0.29, 0.717) is 6.04 Å². The SMILES string of the molecule is S=c1[nH]cc(-c2ccccc2)n1C1CCCOC1. The minimum atomic E-state index is 0.354. The van der Waals surface area contributed by atoms with Crippen LogP contribution < -0.4 is 0 Å². The third-order valence-electron chi connectivity index (χ3n) is 3.38. The zero-order valence-corrected chi connectivity index (χ0v) is 11.0. The van der Waals surface area contributed by atoms with Crippen LogP contribution in [0.5, 0.6) is 0 Å². The zero-order valence-electron chi connectivity index (χ0n) is 10.1. The summed E-state index contributed by atoms with van der Waals surface area (Å²) in [5.74, 6) is 0. The van der Waals surface area contributed by atoms with Gasteiger partial charge >= 0.3 is 0 Å². The van der Waals surface area contributed by atoms with Crippen LogP contribution in [0.3, 0.4) is 0 Å². The summed E-state index contributed by atoms with van der Waals surface area (Å²) in [6, 6.07) is 10.7. The summed E-state index contributed by atoms with van der Waals surface area (Å²) < 4.78 is 8.55. The smallest absolute Gasteiger partial charge is 0.177 e. The molecule has 0 aliphatic carbocycles. The van der Waals surface area contributed by atoms with Crippen LogP contribution in [0.25, 0.3) is 11.3 Å². The normalized spacial score (nSPS) is 19.9. The third kappa shape index (κ3) is 2.13. The summed E-state index contributed by atoms with van der Waals surface area (Å²) in [5.41, 5.74) is 2.34. The van der Waals surface area contributed by atoms with Crippen LogP contribution in [0.15, 0.2) is 36.5 Å². The zero-order chi connectivity index (χ0) is 12.4. The van der Waals surface area contributed by atoms with Crippen molar-refractivity contribution in [2.45, 2.75) is 18.9 Å². The van der Waals surface area contributed by atoms with Crippen LogP contribution in [0, 0.1) is 4.77 Å². The van der Waals surface area contributed by atoms with E-state index in [2.05, 4.69) is 21.7 Å². The average molecular weight is 260 g/mol. The summed E-state index contributed by atoms with van der Waals surface area (Å²) >= 11 is 5.41. The van der Waals surface area contributed by atoms with Gasteiger partial charge in [-0.15, -0.1) is 0 Å². The minimum Gasteiger partial charge on any atom is -0.379 e. The van der Waals surface area contributed by atoms with Crippen molar-refractivity contribution in [3.8, 4) is 11.3 Å². The summed E-state index contributed by atoms with van der Waals surface area (Å²) in [4.78, 5) is 3.16. The average Bonchev–Trinajstić information content (AvgIpc) is 2.83. The van der Waals surface area contributed by atoms with Crippen molar-refractivity contribution >= 4 is 12.2 Å². The first kappa shape index (κ1) is 11.7. The molecule has 4 heteroatoms. The number of benzene rings is 1. The van der Waals surface area contributed by atoms with Crippen LogP contribution in [0.4, 0.5) is 0 Å². The monoisotopic (exact) mass is 260 g/mol. The number of aromatic nitrogens is 2. The Balaban J connectivity index is 2.03. The van der Waals surface area contributed by atoms with E-state index in [1.807, 2.05) is 24.4 Å². The van der Waals surface area contributed by atoms with Crippen molar-refractivity contribution in [2.24, 2.45) is 0 Å². The minimum absolute atomic E-state index is 0.354. The predicted molar refractivity (Wildman–Crippen MR) is 74.1 cm³/mol. The standard InChI is InChI=1S/C14H16N2OS/c18-14-15-9-13(11-5-2-1-3-6-11)16(14)12-7-4-8-17-10-12/h1-3,5-6,9,12H,4,7-8,10H2,(H,15,18).